The summed E-state index contributed by atoms with van der Waals surface area (Å²) in [6.07, 6.45) is 4.01. The number of ether oxygens (including phenoxy) is 1. The summed E-state index contributed by atoms with van der Waals surface area (Å²) < 4.78 is 89.8. The number of nitrogens with zero attached hydrogens (tertiary/aromatic N) is 3. The molecule has 0 spiro atoms. The van der Waals surface area contributed by atoms with Crippen molar-refractivity contribution in [3.8, 4) is 22.9 Å². The van der Waals surface area contributed by atoms with Crippen molar-refractivity contribution in [3.63, 3.8) is 0 Å². The summed E-state index contributed by atoms with van der Waals surface area (Å²) in [5.41, 5.74) is -0.218. The number of anilines is 2. The minimum Gasteiger partial charge on any atom is -0.435 e. The zero-order chi connectivity index (χ0) is 30.1. The molecule has 5 rings (SSSR count). The number of piperidine rings is 1. The number of pyridine rings is 1. The quantitative estimate of drug-likeness (QED) is 0.169. The maximum atomic E-state index is 14.8. The first-order valence-corrected chi connectivity index (χ1v) is 14.1. The van der Waals surface area contributed by atoms with Gasteiger partial charge in [-0.15, -0.1) is 0 Å². The first-order valence-electron chi connectivity index (χ1n) is 12.8. The van der Waals surface area contributed by atoms with E-state index < -0.39 is 57.6 Å². The van der Waals surface area contributed by atoms with Gasteiger partial charge in [0.25, 0.3) is 0 Å². The molecule has 222 valence electrons. The predicted molar refractivity (Wildman–Crippen MR) is 150 cm³/mol. The highest BCUT2D eigenvalue weighted by Crippen LogP contribution is 2.35. The number of hydrogen-bond donors (Lipinski definition) is 3. The predicted octanol–water partition coefficient (Wildman–Crippen LogP) is 5.91. The van der Waals surface area contributed by atoms with E-state index in [9.17, 15) is 26.2 Å². The number of aromatic nitrogens is 3. The molecule has 0 amide bonds. The Balaban J connectivity index is 0.000000507. The van der Waals surface area contributed by atoms with Gasteiger partial charge in [0, 0.05) is 37.6 Å². The van der Waals surface area contributed by atoms with Gasteiger partial charge in [-0.1, -0.05) is 18.2 Å². The van der Waals surface area contributed by atoms with Crippen LogP contribution in [0.3, 0.4) is 0 Å². The SMILES string of the molecule is CNc1nccc(-c2cccnc2Oc2cc(F)c(NS(=O)Cc3ccccc3F)c(F)c2F)n1.FC1CCCNC1. The molecule has 0 saturated carbocycles. The fourth-order valence-corrected chi connectivity index (χ4v) is 4.86. The van der Waals surface area contributed by atoms with Crippen LogP contribution in [0.5, 0.6) is 11.6 Å². The lowest BCUT2D eigenvalue weighted by Gasteiger charge is -2.14. The molecule has 3 N–H and O–H groups in total. The molecule has 8 nitrogen and oxygen atoms in total. The molecule has 1 saturated heterocycles. The van der Waals surface area contributed by atoms with Gasteiger partial charge in [-0.05, 0) is 43.7 Å². The van der Waals surface area contributed by atoms with Gasteiger partial charge in [-0.3, -0.25) is 4.72 Å². The second kappa shape index (κ2) is 14.6. The van der Waals surface area contributed by atoms with Gasteiger partial charge in [0.15, 0.2) is 17.4 Å². The maximum absolute atomic E-state index is 14.8. The van der Waals surface area contributed by atoms with Crippen molar-refractivity contribution in [2.75, 3.05) is 30.2 Å². The van der Waals surface area contributed by atoms with E-state index in [-0.39, 0.29) is 11.4 Å². The van der Waals surface area contributed by atoms with Crippen LogP contribution in [-0.2, 0) is 16.7 Å². The largest absolute Gasteiger partial charge is 0.435 e. The zero-order valence-electron chi connectivity index (χ0n) is 22.3. The van der Waals surface area contributed by atoms with Gasteiger partial charge in [0.05, 0.1) is 17.0 Å². The van der Waals surface area contributed by atoms with Crippen molar-refractivity contribution in [3.05, 3.63) is 89.8 Å². The molecule has 2 unspecified atom stereocenters. The van der Waals surface area contributed by atoms with E-state index in [1.807, 2.05) is 0 Å². The molecule has 1 fully saturated rings. The molecule has 0 radical (unpaired) electrons. The highest BCUT2D eigenvalue weighted by atomic mass is 32.2. The fraction of sp³-hybridized carbons (Fsp3) is 0.250. The highest BCUT2D eigenvalue weighted by molar-refractivity contribution is 7.85. The van der Waals surface area contributed by atoms with Gasteiger partial charge in [-0.25, -0.2) is 36.7 Å². The molecule has 0 aliphatic carbocycles. The minimum atomic E-state index is -2.15. The monoisotopic (exact) mass is 606 g/mol. The molecule has 2 atom stereocenters. The Hall–Kier alpha value is -4.17. The van der Waals surface area contributed by atoms with Crippen LogP contribution in [0.25, 0.3) is 11.3 Å². The normalized spacial score (nSPS) is 15.2. The summed E-state index contributed by atoms with van der Waals surface area (Å²) in [6, 6.07) is 10.8. The number of nitrogens with one attached hydrogen (secondary N) is 3. The standard InChI is InChI=1S/C23H17F4N5O2S.C5H10FN/c1-28-23-30-10-8-17(31-23)14-6-4-9-29-22(14)34-18-11-16(25)21(20(27)19(18)26)32-35(33)12-13-5-2-3-7-15(13)24;6-5-2-1-3-7-4-5/h2-11,32H,12H2,1H3,(H,28,30,31);5,7H,1-4H2. The molecular weight excluding hydrogens is 579 g/mol. The number of halogens is 5. The Morgan fingerprint density at radius 3 is 2.52 bits per heavy atom. The molecule has 1 aliphatic rings. The summed E-state index contributed by atoms with van der Waals surface area (Å²) >= 11 is 0. The summed E-state index contributed by atoms with van der Waals surface area (Å²) in [6.45, 7) is 1.57. The smallest absolute Gasteiger partial charge is 0.228 e. The summed E-state index contributed by atoms with van der Waals surface area (Å²) in [5.74, 6) is -6.11. The Kier molecular flexibility index (Phi) is 10.7. The second-order valence-corrected chi connectivity index (χ2v) is 10.1. The summed E-state index contributed by atoms with van der Waals surface area (Å²) in [7, 11) is -0.523. The van der Waals surface area contributed by atoms with Gasteiger partial charge in [-0.2, -0.15) is 4.39 Å². The maximum Gasteiger partial charge on any atom is 0.228 e. The first kappa shape index (κ1) is 30.8. The van der Waals surface area contributed by atoms with Crippen LogP contribution in [0, 0.1) is 23.3 Å². The van der Waals surface area contributed by atoms with Crippen molar-refractivity contribution in [1.29, 1.82) is 0 Å². The average Bonchev–Trinajstić information content (AvgIpc) is 3.00. The van der Waals surface area contributed by atoms with Gasteiger partial charge in [0.1, 0.15) is 28.7 Å². The zero-order valence-corrected chi connectivity index (χ0v) is 23.2. The van der Waals surface area contributed by atoms with Crippen molar-refractivity contribution in [2.45, 2.75) is 24.8 Å². The van der Waals surface area contributed by atoms with E-state index in [1.165, 1.54) is 30.6 Å². The number of hydrogen-bond acceptors (Lipinski definition) is 7. The lowest BCUT2D eigenvalue weighted by atomic mass is 10.1. The van der Waals surface area contributed by atoms with Crippen molar-refractivity contribution in [1.82, 2.24) is 20.3 Å². The van der Waals surface area contributed by atoms with Crippen LogP contribution in [0.4, 0.5) is 33.6 Å². The van der Waals surface area contributed by atoms with Gasteiger partial charge >= 0.3 is 0 Å². The van der Waals surface area contributed by atoms with E-state index >= 15 is 0 Å². The molecule has 4 aromatic rings. The van der Waals surface area contributed by atoms with E-state index in [0.29, 0.717) is 29.8 Å². The molecule has 3 heterocycles. The van der Waals surface area contributed by atoms with Crippen LogP contribution >= 0.6 is 0 Å². The van der Waals surface area contributed by atoms with Crippen LogP contribution < -0.4 is 20.1 Å². The van der Waals surface area contributed by atoms with E-state index in [1.54, 1.807) is 25.2 Å². The molecule has 14 heteroatoms. The topological polar surface area (TPSA) is 101 Å². The minimum absolute atomic E-state index is 0.0633. The Morgan fingerprint density at radius 2 is 1.83 bits per heavy atom. The molecule has 2 aromatic carbocycles. The van der Waals surface area contributed by atoms with Crippen molar-refractivity contribution < 1.29 is 30.9 Å². The Morgan fingerprint density at radius 1 is 1.02 bits per heavy atom. The van der Waals surface area contributed by atoms with Crippen LogP contribution in [0.2, 0.25) is 0 Å². The third-order valence-electron chi connectivity index (χ3n) is 5.96. The van der Waals surface area contributed by atoms with E-state index in [0.717, 1.165) is 25.5 Å². The molecule has 2 aromatic heterocycles. The second-order valence-electron chi connectivity index (χ2n) is 8.96. The number of alkyl halides is 1. The van der Waals surface area contributed by atoms with Crippen molar-refractivity contribution in [2.24, 2.45) is 0 Å². The first-order chi connectivity index (χ1) is 20.3. The third kappa shape index (κ3) is 7.97. The summed E-state index contributed by atoms with van der Waals surface area (Å²) in [4.78, 5) is 12.3. The highest BCUT2D eigenvalue weighted by Gasteiger charge is 2.23. The average molecular weight is 607 g/mol. The van der Waals surface area contributed by atoms with Gasteiger partial charge < -0.3 is 15.4 Å². The molecule has 1 aliphatic heterocycles. The van der Waals surface area contributed by atoms with E-state index in [4.69, 9.17) is 4.74 Å². The Labute approximate surface area is 241 Å². The van der Waals surface area contributed by atoms with Crippen molar-refractivity contribution >= 4 is 22.6 Å². The number of benzene rings is 2. The fourth-order valence-electron chi connectivity index (χ4n) is 3.86. The molecule has 0 bridgehead atoms. The molecular formula is C28H27F5N6O2S. The molecule has 42 heavy (non-hydrogen) atoms. The lowest BCUT2D eigenvalue weighted by molar-refractivity contribution is 0.266. The Bertz CT molecular complexity index is 1540. The van der Waals surface area contributed by atoms with E-state index in [2.05, 4.69) is 30.3 Å². The van der Waals surface area contributed by atoms with Crippen LogP contribution in [0.1, 0.15) is 18.4 Å². The van der Waals surface area contributed by atoms with Crippen LogP contribution in [0.15, 0.2) is 60.9 Å². The van der Waals surface area contributed by atoms with Crippen LogP contribution in [-0.4, -0.2) is 45.5 Å². The number of rotatable bonds is 8. The lowest BCUT2D eigenvalue weighted by Crippen LogP contribution is -2.30. The van der Waals surface area contributed by atoms with Gasteiger partial charge in [0.2, 0.25) is 17.6 Å². The summed E-state index contributed by atoms with van der Waals surface area (Å²) in [5, 5.41) is 5.73. The third-order valence-corrected chi connectivity index (χ3v) is 6.96.